The summed E-state index contributed by atoms with van der Waals surface area (Å²) in [5.74, 6) is -0.423. The van der Waals surface area contributed by atoms with Gasteiger partial charge in [-0.1, -0.05) is 11.6 Å². The van der Waals surface area contributed by atoms with Gasteiger partial charge in [0.1, 0.15) is 6.33 Å². The Labute approximate surface area is 106 Å². The molecule has 0 radical (unpaired) electrons. The number of carbonyl (C=O) groups is 1. The molecular weight excluding hydrogens is 256 g/mol. The molecule has 0 spiro atoms. The van der Waals surface area contributed by atoms with Crippen molar-refractivity contribution in [2.45, 2.75) is 0 Å². The van der Waals surface area contributed by atoms with Crippen LogP contribution in [0.5, 0.6) is 0 Å². The third-order valence-electron chi connectivity index (χ3n) is 2.58. The number of aromatic nitrogens is 4. The Kier molecular flexibility index (Phi) is 2.38. The van der Waals surface area contributed by atoms with E-state index in [9.17, 15) is 4.79 Å². The van der Waals surface area contributed by atoms with E-state index in [1.165, 1.54) is 13.4 Å². The molecule has 0 saturated heterocycles. The molecule has 0 aliphatic heterocycles. The molecule has 0 fully saturated rings. The number of hydrogen-bond donors (Lipinski definition) is 0. The highest BCUT2D eigenvalue weighted by Gasteiger charge is 2.11. The average molecular weight is 263 g/mol. The van der Waals surface area contributed by atoms with Gasteiger partial charge in [0.15, 0.2) is 10.8 Å². The van der Waals surface area contributed by atoms with Crippen LogP contribution in [0.3, 0.4) is 0 Å². The van der Waals surface area contributed by atoms with Crippen molar-refractivity contribution >= 4 is 34.3 Å². The monoisotopic (exact) mass is 262 g/mol. The van der Waals surface area contributed by atoms with Crippen LogP contribution in [0.1, 0.15) is 10.4 Å². The van der Waals surface area contributed by atoms with Crippen LogP contribution in [0.4, 0.5) is 0 Å². The Bertz CT molecular complexity index is 768. The van der Waals surface area contributed by atoms with Crippen LogP contribution in [0, 0.1) is 0 Å². The van der Waals surface area contributed by atoms with Gasteiger partial charge in [0.05, 0.1) is 23.7 Å². The van der Waals surface area contributed by atoms with Crippen LogP contribution in [0.25, 0.3) is 16.7 Å². The molecule has 0 unspecified atom stereocenters. The molecule has 90 valence electrons. The lowest BCUT2D eigenvalue weighted by Gasteiger charge is -2.04. The second kappa shape index (κ2) is 3.92. The zero-order chi connectivity index (χ0) is 12.7. The van der Waals surface area contributed by atoms with Gasteiger partial charge in [-0.2, -0.15) is 5.10 Å². The van der Waals surface area contributed by atoms with Gasteiger partial charge in [-0.25, -0.2) is 19.3 Å². The fourth-order valence-electron chi connectivity index (χ4n) is 1.75. The second-order valence-corrected chi connectivity index (χ2v) is 3.95. The molecule has 1 aromatic carbocycles. The molecule has 0 aliphatic rings. The number of benzene rings is 1. The number of esters is 1. The van der Waals surface area contributed by atoms with E-state index in [0.717, 1.165) is 5.52 Å². The molecule has 7 heteroatoms. The van der Waals surface area contributed by atoms with Crippen LogP contribution in [-0.2, 0) is 4.74 Å². The largest absolute Gasteiger partial charge is 0.465 e. The number of carbonyl (C=O) groups excluding carboxylic acids is 1. The molecule has 0 amide bonds. The number of hydrogen-bond acceptors (Lipinski definition) is 5. The van der Waals surface area contributed by atoms with E-state index < -0.39 is 5.97 Å². The molecule has 6 nitrogen and oxygen atoms in total. The third-order valence-corrected chi connectivity index (χ3v) is 2.83. The second-order valence-electron chi connectivity index (χ2n) is 3.59. The highest BCUT2D eigenvalue weighted by Crippen LogP contribution is 2.20. The summed E-state index contributed by atoms with van der Waals surface area (Å²) in [7, 11) is 1.33. The molecule has 3 rings (SSSR count). The van der Waals surface area contributed by atoms with E-state index in [1.54, 1.807) is 22.7 Å². The predicted molar refractivity (Wildman–Crippen MR) is 64.6 cm³/mol. The van der Waals surface area contributed by atoms with Gasteiger partial charge in [-0.3, -0.25) is 0 Å². The highest BCUT2D eigenvalue weighted by atomic mass is 35.5. The van der Waals surface area contributed by atoms with Gasteiger partial charge in [0, 0.05) is 0 Å². The Morgan fingerprint density at radius 1 is 1.44 bits per heavy atom. The zero-order valence-corrected chi connectivity index (χ0v) is 10.0. The highest BCUT2D eigenvalue weighted by molar-refractivity contribution is 6.32. The summed E-state index contributed by atoms with van der Waals surface area (Å²) in [6, 6.07) is 4.98. The first-order valence-corrected chi connectivity index (χ1v) is 5.46. The standard InChI is InChI=1S/C11H7ClN4O2/c1-18-11(17)6-2-3-8-7(4-6)15-9(12)10-13-5-14-16(8)10/h2-5H,1H3. The van der Waals surface area contributed by atoms with Gasteiger partial charge in [0.2, 0.25) is 0 Å². The summed E-state index contributed by atoms with van der Waals surface area (Å²) in [5, 5.41) is 4.31. The number of rotatable bonds is 1. The number of nitrogens with zero attached hydrogens (tertiary/aromatic N) is 4. The maximum absolute atomic E-state index is 11.4. The van der Waals surface area contributed by atoms with Gasteiger partial charge in [-0.05, 0) is 18.2 Å². The van der Waals surface area contributed by atoms with Crippen molar-refractivity contribution in [1.82, 2.24) is 19.6 Å². The Morgan fingerprint density at radius 2 is 2.28 bits per heavy atom. The van der Waals surface area contributed by atoms with Gasteiger partial charge < -0.3 is 4.74 Å². The molecule has 2 heterocycles. The zero-order valence-electron chi connectivity index (χ0n) is 9.29. The van der Waals surface area contributed by atoms with Crippen molar-refractivity contribution in [2.75, 3.05) is 7.11 Å². The number of halogens is 1. The Hall–Kier alpha value is -2.21. The molecule has 0 saturated carbocycles. The van der Waals surface area contributed by atoms with Crippen LogP contribution in [-0.4, -0.2) is 32.7 Å². The summed E-state index contributed by atoms with van der Waals surface area (Å²) < 4.78 is 6.23. The molecule has 18 heavy (non-hydrogen) atoms. The van der Waals surface area contributed by atoms with Crippen LogP contribution < -0.4 is 0 Å². The minimum absolute atomic E-state index is 0.238. The minimum atomic E-state index is -0.423. The molecule has 0 aliphatic carbocycles. The lowest BCUT2D eigenvalue weighted by Crippen LogP contribution is -2.02. The molecule has 0 N–H and O–H groups in total. The fourth-order valence-corrected chi connectivity index (χ4v) is 1.97. The van der Waals surface area contributed by atoms with Crippen molar-refractivity contribution < 1.29 is 9.53 Å². The van der Waals surface area contributed by atoms with Gasteiger partial charge in [-0.15, -0.1) is 0 Å². The van der Waals surface area contributed by atoms with Crippen molar-refractivity contribution in [2.24, 2.45) is 0 Å². The van der Waals surface area contributed by atoms with Gasteiger partial charge in [0.25, 0.3) is 0 Å². The van der Waals surface area contributed by atoms with E-state index in [1.807, 2.05) is 0 Å². The van der Waals surface area contributed by atoms with Crippen molar-refractivity contribution in [3.05, 3.63) is 35.2 Å². The molecule has 3 aromatic rings. The first-order valence-electron chi connectivity index (χ1n) is 5.08. The first kappa shape index (κ1) is 10.9. The van der Waals surface area contributed by atoms with Crippen molar-refractivity contribution in [3.8, 4) is 0 Å². The quantitative estimate of drug-likeness (QED) is 0.625. The predicted octanol–water partition coefficient (Wildman–Crippen LogP) is 1.72. The normalized spacial score (nSPS) is 11.0. The summed E-state index contributed by atoms with van der Waals surface area (Å²) in [4.78, 5) is 19.6. The van der Waals surface area contributed by atoms with Crippen molar-refractivity contribution in [1.29, 1.82) is 0 Å². The maximum atomic E-state index is 11.4. The Balaban J connectivity index is 2.35. The van der Waals surface area contributed by atoms with E-state index in [-0.39, 0.29) is 5.15 Å². The summed E-state index contributed by atoms with van der Waals surface area (Å²) in [5.41, 5.74) is 2.17. The van der Waals surface area contributed by atoms with Crippen LogP contribution >= 0.6 is 11.6 Å². The summed E-state index contributed by atoms with van der Waals surface area (Å²) >= 11 is 5.99. The third kappa shape index (κ3) is 1.50. The summed E-state index contributed by atoms with van der Waals surface area (Å²) in [6.07, 6.45) is 1.40. The molecule has 2 aromatic heterocycles. The minimum Gasteiger partial charge on any atom is -0.465 e. The maximum Gasteiger partial charge on any atom is 0.337 e. The molecule has 0 bridgehead atoms. The fraction of sp³-hybridized carbons (Fsp3) is 0.0909. The Morgan fingerprint density at radius 3 is 3.06 bits per heavy atom. The average Bonchev–Trinajstić information content (AvgIpc) is 2.87. The number of fused-ring (bicyclic) bond motifs is 3. The summed E-state index contributed by atoms with van der Waals surface area (Å²) in [6.45, 7) is 0. The van der Waals surface area contributed by atoms with E-state index >= 15 is 0 Å². The smallest absolute Gasteiger partial charge is 0.337 e. The van der Waals surface area contributed by atoms with E-state index in [4.69, 9.17) is 11.6 Å². The topological polar surface area (TPSA) is 69.4 Å². The van der Waals surface area contributed by atoms with Crippen LogP contribution in [0.2, 0.25) is 5.15 Å². The van der Waals surface area contributed by atoms with E-state index in [2.05, 4.69) is 19.8 Å². The SMILES string of the molecule is COC(=O)c1ccc2c(c1)nc(Cl)c1ncnn12. The van der Waals surface area contributed by atoms with Gasteiger partial charge >= 0.3 is 5.97 Å². The number of ether oxygens (including phenoxy) is 1. The lowest BCUT2D eigenvalue weighted by atomic mass is 10.2. The molecule has 0 atom stereocenters. The lowest BCUT2D eigenvalue weighted by molar-refractivity contribution is 0.0601. The molecular formula is C11H7ClN4O2. The number of methoxy groups -OCH3 is 1. The van der Waals surface area contributed by atoms with Crippen molar-refractivity contribution in [3.63, 3.8) is 0 Å². The van der Waals surface area contributed by atoms with E-state index in [0.29, 0.717) is 16.7 Å². The van der Waals surface area contributed by atoms with Crippen LogP contribution in [0.15, 0.2) is 24.5 Å². The first-order chi connectivity index (χ1) is 8.70.